The molecule has 0 saturated carbocycles. The number of carbonyl (C=O) groups is 2. The van der Waals surface area contributed by atoms with Gasteiger partial charge in [-0.1, -0.05) is 12.1 Å². The van der Waals surface area contributed by atoms with Crippen LogP contribution in [0.25, 0.3) is 11.0 Å². The van der Waals surface area contributed by atoms with E-state index >= 15 is 0 Å². The van der Waals surface area contributed by atoms with Crippen molar-refractivity contribution in [3.05, 3.63) is 59.9 Å². The fraction of sp³-hybridized carbons (Fsp3) is 0.250. The van der Waals surface area contributed by atoms with Gasteiger partial charge in [-0.05, 0) is 30.7 Å². The van der Waals surface area contributed by atoms with Gasteiger partial charge in [0.2, 0.25) is 11.8 Å². The van der Waals surface area contributed by atoms with E-state index in [9.17, 15) is 18.4 Å². The number of fused-ring (bicyclic) bond motifs is 1. The molecule has 0 spiro atoms. The number of nitrogens with zero attached hydrogens (tertiary/aromatic N) is 2. The van der Waals surface area contributed by atoms with Gasteiger partial charge in [0.25, 0.3) is 0 Å². The molecule has 28 heavy (non-hydrogen) atoms. The Morgan fingerprint density at radius 3 is 2.82 bits per heavy atom. The number of amides is 2. The van der Waals surface area contributed by atoms with Crippen molar-refractivity contribution < 1.29 is 18.4 Å². The topological polar surface area (TPSA) is 78.1 Å². The van der Waals surface area contributed by atoms with Crippen molar-refractivity contribution in [2.75, 3.05) is 18.0 Å². The summed E-state index contributed by atoms with van der Waals surface area (Å²) in [7, 11) is 0. The van der Waals surface area contributed by atoms with Crippen LogP contribution in [-0.4, -0.2) is 34.9 Å². The number of halogens is 2. The van der Waals surface area contributed by atoms with Gasteiger partial charge in [0, 0.05) is 31.3 Å². The molecular weight excluding hydrogens is 366 g/mol. The van der Waals surface area contributed by atoms with Gasteiger partial charge in [-0.3, -0.25) is 9.59 Å². The average molecular weight is 384 g/mol. The number of carbonyl (C=O) groups excluding carboxylic acids is 2. The highest BCUT2D eigenvalue weighted by atomic mass is 19.2. The second kappa shape index (κ2) is 7.38. The van der Waals surface area contributed by atoms with E-state index in [4.69, 9.17) is 0 Å². The highest BCUT2D eigenvalue weighted by Crippen LogP contribution is 2.26. The molecule has 1 aromatic heterocycles. The number of nitrogens with one attached hydrogen (secondary N) is 2. The first-order valence-corrected chi connectivity index (χ1v) is 9.00. The van der Waals surface area contributed by atoms with E-state index in [1.807, 2.05) is 24.3 Å². The Kier molecular flexibility index (Phi) is 4.77. The van der Waals surface area contributed by atoms with Gasteiger partial charge in [0.05, 0.1) is 11.0 Å². The van der Waals surface area contributed by atoms with Crippen LogP contribution in [0.2, 0.25) is 0 Å². The van der Waals surface area contributed by atoms with E-state index in [1.165, 1.54) is 11.0 Å². The number of hydrogen-bond donors (Lipinski definition) is 2. The minimum Gasteiger partial charge on any atom is -0.355 e. The first-order chi connectivity index (χ1) is 13.5. The van der Waals surface area contributed by atoms with Crippen molar-refractivity contribution in [1.29, 1.82) is 0 Å². The van der Waals surface area contributed by atoms with Gasteiger partial charge in [-0.2, -0.15) is 0 Å². The molecule has 1 saturated heterocycles. The third-order valence-corrected chi connectivity index (χ3v) is 4.84. The lowest BCUT2D eigenvalue weighted by Gasteiger charge is -2.17. The molecule has 2 heterocycles. The summed E-state index contributed by atoms with van der Waals surface area (Å²) < 4.78 is 26.5. The Bertz CT molecular complexity index is 1020. The van der Waals surface area contributed by atoms with Crippen molar-refractivity contribution in [2.45, 2.75) is 12.8 Å². The van der Waals surface area contributed by atoms with Crippen LogP contribution in [0.5, 0.6) is 0 Å². The highest BCUT2D eigenvalue weighted by Gasteiger charge is 2.37. The predicted molar refractivity (Wildman–Crippen MR) is 99.6 cm³/mol. The molecule has 1 aliphatic rings. The molecule has 1 unspecified atom stereocenters. The highest BCUT2D eigenvalue weighted by molar-refractivity contribution is 6.09. The zero-order valence-corrected chi connectivity index (χ0v) is 14.9. The lowest BCUT2D eigenvalue weighted by Crippen LogP contribution is -2.37. The normalized spacial score (nSPS) is 16.7. The third kappa shape index (κ3) is 3.45. The molecule has 8 heteroatoms. The maximum absolute atomic E-state index is 13.4. The first kappa shape index (κ1) is 18.1. The van der Waals surface area contributed by atoms with Crippen molar-refractivity contribution >= 4 is 28.5 Å². The minimum absolute atomic E-state index is 0.251. The van der Waals surface area contributed by atoms with Crippen LogP contribution in [0.4, 0.5) is 14.5 Å². The van der Waals surface area contributed by atoms with Gasteiger partial charge in [-0.15, -0.1) is 0 Å². The lowest BCUT2D eigenvalue weighted by atomic mass is 10.1. The Morgan fingerprint density at radius 2 is 2.04 bits per heavy atom. The molecule has 0 bridgehead atoms. The van der Waals surface area contributed by atoms with Crippen molar-refractivity contribution in [3.63, 3.8) is 0 Å². The van der Waals surface area contributed by atoms with Crippen LogP contribution in [-0.2, 0) is 16.0 Å². The van der Waals surface area contributed by atoms with Gasteiger partial charge in [0.1, 0.15) is 11.7 Å². The van der Waals surface area contributed by atoms with E-state index in [0.29, 0.717) is 19.4 Å². The number of benzene rings is 2. The molecule has 2 N–H and O–H groups in total. The van der Waals surface area contributed by atoms with Crippen molar-refractivity contribution in [3.8, 4) is 0 Å². The van der Waals surface area contributed by atoms with Crippen LogP contribution in [0.1, 0.15) is 12.2 Å². The number of anilines is 1. The van der Waals surface area contributed by atoms with Gasteiger partial charge in [0.15, 0.2) is 11.6 Å². The summed E-state index contributed by atoms with van der Waals surface area (Å²) in [4.78, 5) is 33.9. The molecule has 3 aromatic rings. The van der Waals surface area contributed by atoms with E-state index in [-0.39, 0.29) is 18.1 Å². The number of rotatable bonds is 5. The predicted octanol–water partition coefficient (Wildman–Crippen LogP) is 2.55. The van der Waals surface area contributed by atoms with Crippen LogP contribution in [0.15, 0.2) is 42.5 Å². The molecule has 1 fully saturated rings. The van der Waals surface area contributed by atoms with Crippen LogP contribution in [0.3, 0.4) is 0 Å². The summed E-state index contributed by atoms with van der Waals surface area (Å²) >= 11 is 0. The molecule has 2 aromatic carbocycles. The zero-order valence-electron chi connectivity index (χ0n) is 14.9. The Hall–Kier alpha value is -3.29. The standard InChI is InChI=1S/C20H18F2N4O2/c21-14-6-5-12(11-15(14)22)26-10-8-13(20(26)28)19(27)23-9-7-18-24-16-3-1-2-4-17(16)25-18/h1-6,11,13H,7-10H2,(H,23,27)(H,24,25). The molecule has 0 radical (unpaired) electrons. The second-order valence-corrected chi connectivity index (χ2v) is 6.67. The molecular formula is C20H18F2N4O2. The van der Waals surface area contributed by atoms with Gasteiger partial charge < -0.3 is 15.2 Å². The monoisotopic (exact) mass is 384 g/mol. The SMILES string of the molecule is O=C(NCCc1nc2ccccc2[nH]1)C1CCN(c2ccc(F)c(F)c2)C1=O. The zero-order chi connectivity index (χ0) is 19.7. The maximum Gasteiger partial charge on any atom is 0.239 e. The van der Waals surface area contributed by atoms with Crippen LogP contribution < -0.4 is 10.2 Å². The molecule has 0 aliphatic carbocycles. The number of hydrogen-bond acceptors (Lipinski definition) is 3. The first-order valence-electron chi connectivity index (χ1n) is 9.00. The van der Waals surface area contributed by atoms with E-state index in [0.717, 1.165) is 29.0 Å². The molecule has 6 nitrogen and oxygen atoms in total. The quantitative estimate of drug-likeness (QED) is 0.664. The average Bonchev–Trinajstić information content (AvgIpc) is 3.27. The Morgan fingerprint density at radius 1 is 1.21 bits per heavy atom. The van der Waals surface area contributed by atoms with Crippen molar-refractivity contribution in [1.82, 2.24) is 15.3 Å². The summed E-state index contributed by atoms with van der Waals surface area (Å²) in [6.45, 7) is 0.624. The van der Waals surface area contributed by atoms with Crippen molar-refractivity contribution in [2.24, 2.45) is 5.92 Å². The number of aromatic amines is 1. The Labute approximate surface area is 159 Å². The van der Waals surface area contributed by atoms with Gasteiger partial charge >= 0.3 is 0 Å². The van der Waals surface area contributed by atoms with E-state index in [1.54, 1.807) is 0 Å². The molecule has 2 amide bonds. The number of H-pyrrole nitrogens is 1. The van der Waals surface area contributed by atoms with E-state index < -0.39 is 23.5 Å². The molecule has 1 aliphatic heterocycles. The Balaban J connectivity index is 1.34. The summed E-state index contributed by atoms with van der Waals surface area (Å²) in [5.41, 5.74) is 2.04. The van der Waals surface area contributed by atoms with Crippen LogP contribution >= 0.6 is 0 Å². The third-order valence-electron chi connectivity index (χ3n) is 4.84. The van der Waals surface area contributed by atoms with E-state index in [2.05, 4.69) is 15.3 Å². The van der Waals surface area contributed by atoms with Gasteiger partial charge in [-0.25, -0.2) is 13.8 Å². The fourth-order valence-electron chi connectivity index (χ4n) is 3.38. The van der Waals surface area contributed by atoms with Crippen LogP contribution in [0, 0.1) is 17.6 Å². The second-order valence-electron chi connectivity index (χ2n) is 6.67. The molecule has 144 valence electrons. The molecule has 4 rings (SSSR count). The summed E-state index contributed by atoms with van der Waals surface area (Å²) in [6, 6.07) is 10.9. The maximum atomic E-state index is 13.4. The number of imidazole rings is 1. The number of para-hydroxylation sites is 2. The summed E-state index contributed by atoms with van der Waals surface area (Å²) in [6.07, 6.45) is 0.836. The minimum atomic E-state index is -1.02. The largest absolute Gasteiger partial charge is 0.355 e. The smallest absolute Gasteiger partial charge is 0.239 e. The molecule has 1 atom stereocenters. The summed E-state index contributed by atoms with van der Waals surface area (Å²) in [5.74, 6) is -2.86. The number of aromatic nitrogens is 2. The fourth-order valence-corrected chi connectivity index (χ4v) is 3.38. The lowest BCUT2D eigenvalue weighted by molar-refractivity contribution is -0.132. The summed E-state index contributed by atoms with van der Waals surface area (Å²) in [5, 5.41) is 2.76.